The van der Waals surface area contributed by atoms with Crippen LogP contribution in [-0.4, -0.2) is 37.7 Å². The SMILES string of the molecule is CCCN(CC)c1ccc(C(=O)O[C@@H]2C(=O)OCC2(C)C)cc1. The predicted molar refractivity (Wildman–Crippen MR) is 88.6 cm³/mol. The van der Waals surface area contributed by atoms with Gasteiger partial charge in [-0.1, -0.05) is 20.8 Å². The van der Waals surface area contributed by atoms with Crippen LogP contribution in [0.25, 0.3) is 0 Å². The topological polar surface area (TPSA) is 55.8 Å². The van der Waals surface area contributed by atoms with Crippen LogP contribution in [-0.2, 0) is 14.3 Å². The molecule has 5 nitrogen and oxygen atoms in total. The van der Waals surface area contributed by atoms with Crippen LogP contribution < -0.4 is 4.90 Å². The molecule has 1 atom stereocenters. The molecule has 1 aliphatic heterocycles. The highest BCUT2D eigenvalue weighted by molar-refractivity contribution is 5.92. The molecular weight excluding hydrogens is 294 g/mol. The molecule has 1 aromatic rings. The van der Waals surface area contributed by atoms with E-state index in [1.807, 2.05) is 26.0 Å². The summed E-state index contributed by atoms with van der Waals surface area (Å²) >= 11 is 0. The summed E-state index contributed by atoms with van der Waals surface area (Å²) in [6, 6.07) is 7.30. The van der Waals surface area contributed by atoms with Crippen LogP contribution in [0.3, 0.4) is 0 Å². The summed E-state index contributed by atoms with van der Waals surface area (Å²) in [4.78, 5) is 26.2. The minimum Gasteiger partial charge on any atom is -0.462 e. The van der Waals surface area contributed by atoms with E-state index in [1.54, 1.807) is 12.1 Å². The Morgan fingerprint density at radius 1 is 1.30 bits per heavy atom. The molecule has 1 aromatic carbocycles. The number of benzene rings is 1. The number of rotatable bonds is 6. The quantitative estimate of drug-likeness (QED) is 0.754. The van der Waals surface area contributed by atoms with E-state index >= 15 is 0 Å². The van der Waals surface area contributed by atoms with Crippen molar-refractivity contribution >= 4 is 17.6 Å². The number of anilines is 1. The smallest absolute Gasteiger partial charge is 0.348 e. The maximum absolute atomic E-state index is 12.3. The summed E-state index contributed by atoms with van der Waals surface area (Å²) in [5, 5.41) is 0. The Kier molecular flexibility index (Phi) is 5.29. The van der Waals surface area contributed by atoms with Crippen LogP contribution >= 0.6 is 0 Å². The van der Waals surface area contributed by atoms with E-state index in [-0.39, 0.29) is 6.61 Å². The van der Waals surface area contributed by atoms with Gasteiger partial charge in [0.25, 0.3) is 0 Å². The van der Waals surface area contributed by atoms with Crippen LogP contribution in [0, 0.1) is 5.41 Å². The fraction of sp³-hybridized carbons (Fsp3) is 0.556. The van der Waals surface area contributed by atoms with Gasteiger partial charge in [-0.05, 0) is 37.6 Å². The zero-order chi connectivity index (χ0) is 17.0. The first-order chi connectivity index (χ1) is 10.9. The van der Waals surface area contributed by atoms with Gasteiger partial charge in [-0.15, -0.1) is 0 Å². The van der Waals surface area contributed by atoms with Crippen molar-refractivity contribution in [3.8, 4) is 0 Å². The largest absolute Gasteiger partial charge is 0.462 e. The van der Waals surface area contributed by atoms with E-state index in [2.05, 4.69) is 18.7 Å². The molecule has 0 spiro atoms. The van der Waals surface area contributed by atoms with Gasteiger partial charge < -0.3 is 14.4 Å². The third-order valence-corrected chi connectivity index (χ3v) is 4.08. The Morgan fingerprint density at radius 2 is 1.96 bits per heavy atom. The van der Waals surface area contributed by atoms with Crippen LogP contribution in [0.4, 0.5) is 5.69 Å². The Bertz CT molecular complexity index is 565. The molecule has 0 saturated carbocycles. The molecule has 5 heteroatoms. The van der Waals surface area contributed by atoms with Gasteiger partial charge in [-0.25, -0.2) is 9.59 Å². The van der Waals surface area contributed by atoms with E-state index in [0.717, 1.165) is 25.2 Å². The first kappa shape index (κ1) is 17.3. The third-order valence-electron chi connectivity index (χ3n) is 4.08. The molecule has 2 rings (SSSR count). The average molecular weight is 319 g/mol. The van der Waals surface area contributed by atoms with Crippen molar-refractivity contribution in [3.63, 3.8) is 0 Å². The number of carbonyl (C=O) groups is 2. The van der Waals surface area contributed by atoms with Crippen molar-refractivity contribution in [1.29, 1.82) is 0 Å². The number of cyclic esters (lactones) is 1. The van der Waals surface area contributed by atoms with Crippen LogP contribution in [0.2, 0.25) is 0 Å². The maximum atomic E-state index is 12.3. The monoisotopic (exact) mass is 319 g/mol. The van der Waals surface area contributed by atoms with E-state index in [4.69, 9.17) is 9.47 Å². The normalized spacial score (nSPS) is 19.3. The van der Waals surface area contributed by atoms with Gasteiger partial charge in [0.15, 0.2) is 0 Å². The molecule has 1 saturated heterocycles. The lowest BCUT2D eigenvalue weighted by Crippen LogP contribution is -2.34. The number of hydrogen-bond acceptors (Lipinski definition) is 5. The number of nitrogens with zero attached hydrogens (tertiary/aromatic N) is 1. The highest BCUT2D eigenvalue weighted by Gasteiger charge is 2.46. The molecule has 0 aromatic heterocycles. The first-order valence-electron chi connectivity index (χ1n) is 8.11. The lowest BCUT2D eigenvalue weighted by molar-refractivity contribution is -0.145. The summed E-state index contributed by atoms with van der Waals surface area (Å²) < 4.78 is 10.4. The minimum atomic E-state index is -0.845. The van der Waals surface area contributed by atoms with Crippen molar-refractivity contribution in [2.75, 3.05) is 24.6 Å². The van der Waals surface area contributed by atoms with Gasteiger partial charge in [0.05, 0.1) is 5.56 Å². The van der Waals surface area contributed by atoms with E-state index in [0.29, 0.717) is 5.56 Å². The molecule has 0 unspecified atom stereocenters. The lowest BCUT2D eigenvalue weighted by Gasteiger charge is -2.23. The fourth-order valence-corrected chi connectivity index (χ4v) is 2.66. The summed E-state index contributed by atoms with van der Waals surface area (Å²) in [5.41, 5.74) is 1.02. The van der Waals surface area contributed by atoms with Crippen LogP contribution in [0.15, 0.2) is 24.3 Å². The van der Waals surface area contributed by atoms with Crippen LogP contribution in [0.1, 0.15) is 44.5 Å². The van der Waals surface area contributed by atoms with E-state index < -0.39 is 23.5 Å². The Balaban J connectivity index is 2.07. The first-order valence-corrected chi connectivity index (χ1v) is 8.11. The van der Waals surface area contributed by atoms with Gasteiger partial charge >= 0.3 is 11.9 Å². The Labute approximate surface area is 137 Å². The van der Waals surface area contributed by atoms with Crippen LogP contribution in [0.5, 0.6) is 0 Å². The number of ether oxygens (including phenoxy) is 2. The van der Waals surface area contributed by atoms with Crippen molar-refractivity contribution in [1.82, 2.24) is 0 Å². The summed E-state index contributed by atoms with van der Waals surface area (Å²) in [6.07, 6.45) is 0.221. The van der Waals surface area contributed by atoms with E-state index in [9.17, 15) is 9.59 Å². The van der Waals surface area contributed by atoms with Crippen molar-refractivity contribution in [2.24, 2.45) is 5.41 Å². The predicted octanol–water partition coefficient (Wildman–Crippen LogP) is 3.03. The summed E-state index contributed by atoms with van der Waals surface area (Å²) in [5.74, 6) is -0.966. The highest BCUT2D eigenvalue weighted by atomic mass is 16.6. The fourth-order valence-electron chi connectivity index (χ4n) is 2.66. The van der Waals surface area contributed by atoms with Crippen molar-refractivity contribution < 1.29 is 19.1 Å². The molecule has 0 radical (unpaired) electrons. The molecule has 0 aliphatic carbocycles. The summed E-state index contributed by atoms with van der Waals surface area (Å²) in [7, 11) is 0. The van der Waals surface area contributed by atoms with Gasteiger partial charge in [0.1, 0.15) is 6.61 Å². The second kappa shape index (κ2) is 7.02. The number of esters is 2. The lowest BCUT2D eigenvalue weighted by atomic mass is 9.90. The second-order valence-electron chi connectivity index (χ2n) is 6.51. The van der Waals surface area contributed by atoms with Crippen molar-refractivity contribution in [2.45, 2.75) is 40.2 Å². The zero-order valence-electron chi connectivity index (χ0n) is 14.3. The molecule has 0 bridgehead atoms. The Hall–Kier alpha value is -2.04. The Morgan fingerprint density at radius 3 is 2.43 bits per heavy atom. The molecule has 0 N–H and O–H groups in total. The van der Waals surface area contributed by atoms with Gasteiger partial charge in [-0.3, -0.25) is 0 Å². The van der Waals surface area contributed by atoms with Gasteiger partial charge in [0.2, 0.25) is 6.10 Å². The molecule has 1 fully saturated rings. The second-order valence-corrected chi connectivity index (χ2v) is 6.51. The summed E-state index contributed by atoms with van der Waals surface area (Å²) in [6.45, 7) is 10.1. The molecule has 0 amide bonds. The molecule has 23 heavy (non-hydrogen) atoms. The third kappa shape index (κ3) is 3.84. The van der Waals surface area contributed by atoms with Crippen molar-refractivity contribution in [3.05, 3.63) is 29.8 Å². The molecular formula is C18H25NO4. The molecule has 126 valence electrons. The number of hydrogen-bond donors (Lipinski definition) is 0. The zero-order valence-corrected chi connectivity index (χ0v) is 14.3. The standard InChI is InChI=1S/C18H25NO4/c1-5-11-19(6-2)14-9-7-13(8-10-14)16(20)23-15-17(21)22-12-18(15,3)4/h7-10,15H,5-6,11-12H2,1-4H3/t15-/m1/s1. The molecule has 1 aliphatic rings. The van der Waals surface area contributed by atoms with E-state index in [1.165, 1.54) is 0 Å². The van der Waals surface area contributed by atoms with Gasteiger partial charge in [-0.2, -0.15) is 0 Å². The number of carbonyl (C=O) groups excluding carboxylic acids is 2. The van der Waals surface area contributed by atoms with Gasteiger partial charge in [0, 0.05) is 24.2 Å². The molecule has 1 heterocycles. The highest BCUT2D eigenvalue weighted by Crippen LogP contribution is 2.31. The average Bonchev–Trinajstić information content (AvgIpc) is 2.79. The maximum Gasteiger partial charge on any atom is 0.348 e. The minimum absolute atomic E-state index is 0.269.